The summed E-state index contributed by atoms with van der Waals surface area (Å²) in [6.45, 7) is 3.36. The van der Waals surface area contributed by atoms with Crippen molar-refractivity contribution in [2.45, 2.75) is 32.7 Å². The summed E-state index contributed by atoms with van der Waals surface area (Å²) in [7, 11) is -3.04. The summed E-state index contributed by atoms with van der Waals surface area (Å²) in [6.07, 6.45) is 0.634. The normalized spacial score (nSPS) is 14.1. The van der Waals surface area contributed by atoms with Gasteiger partial charge >= 0.3 is 0 Å². The number of nitrogens with two attached hydrogens (primary N) is 1. The lowest BCUT2D eigenvalue weighted by Gasteiger charge is -2.04. The number of hydrogen-bond acceptors (Lipinski definition) is 4. The Morgan fingerprint density at radius 3 is 2.31 bits per heavy atom. The maximum absolute atomic E-state index is 11.2. The van der Waals surface area contributed by atoms with Crippen LogP contribution >= 0.6 is 0 Å². The van der Waals surface area contributed by atoms with Crippen molar-refractivity contribution >= 4 is 15.6 Å². The fourth-order valence-corrected chi connectivity index (χ4v) is 2.24. The van der Waals surface area contributed by atoms with Crippen molar-refractivity contribution in [1.29, 1.82) is 0 Å². The van der Waals surface area contributed by atoms with Crippen molar-refractivity contribution in [2.75, 3.05) is 11.5 Å². The van der Waals surface area contributed by atoms with Gasteiger partial charge in [-0.05, 0) is 13.3 Å². The van der Waals surface area contributed by atoms with Gasteiger partial charge in [0.25, 0.3) is 0 Å². The van der Waals surface area contributed by atoms with Gasteiger partial charge in [0.15, 0.2) is 9.84 Å². The third kappa shape index (κ3) is 5.76. The van der Waals surface area contributed by atoms with Crippen molar-refractivity contribution in [3.63, 3.8) is 0 Å². The van der Waals surface area contributed by atoms with E-state index in [1.54, 1.807) is 13.8 Å². The molecule has 0 aromatic heterocycles. The Kier molecular flexibility index (Phi) is 5.17. The zero-order chi connectivity index (χ0) is 10.5. The predicted octanol–water partition coefficient (Wildman–Crippen LogP) is 0.118. The zero-order valence-corrected chi connectivity index (χ0v) is 8.93. The molecular formula is C8H17NO3S. The molecule has 0 fully saturated rings. The maximum atomic E-state index is 11.2. The van der Waals surface area contributed by atoms with Crippen LogP contribution in [-0.4, -0.2) is 31.7 Å². The van der Waals surface area contributed by atoms with Gasteiger partial charge in [-0.15, -0.1) is 0 Å². The van der Waals surface area contributed by atoms with Crippen molar-refractivity contribution in [2.24, 2.45) is 5.73 Å². The second-order valence-electron chi connectivity index (χ2n) is 3.16. The first-order valence-corrected chi connectivity index (χ1v) is 6.20. The fourth-order valence-electron chi connectivity index (χ4n) is 0.897. The largest absolute Gasteiger partial charge is 0.322 e. The number of carbonyl (C=O) groups is 1. The maximum Gasteiger partial charge on any atom is 0.150 e. The molecule has 5 heteroatoms. The van der Waals surface area contributed by atoms with Gasteiger partial charge in [0, 0.05) is 12.2 Å². The number of ketones is 1. The standard InChI is InChI=1S/C8H17NO3S/c1-3-5-13(11,12)6-4-8(10)7(2)9/h7H,3-6,9H2,1-2H3. The van der Waals surface area contributed by atoms with Crippen LogP contribution in [0, 0.1) is 0 Å². The Morgan fingerprint density at radius 1 is 1.38 bits per heavy atom. The van der Waals surface area contributed by atoms with E-state index in [0.29, 0.717) is 6.42 Å². The molecule has 13 heavy (non-hydrogen) atoms. The molecule has 4 nitrogen and oxygen atoms in total. The minimum atomic E-state index is -3.04. The van der Waals surface area contributed by atoms with E-state index in [9.17, 15) is 13.2 Å². The van der Waals surface area contributed by atoms with Crippen LogP contribution in [0.2, 0.25) is 0 Å². The summed E-state index contributed by atoms with van der Waals surface area (Å²) in [5.74, 6) is -0.111. The molecular weight excluding hydrogens is 190 g/mol. The summed E-state index contributed by atoms with van der Waals surface area (Å²) in [4.78, 5) is 11.0. The molecule has 0 amide bonds. The Hall–Kier alpha value is -0.420. The first kappa shape index (κ1) is 12.6. The van der Waals surface area contributed by atoms with Gasteiger partial charge in [-0.3, -0.25) is 4.79 Å². The van der Waals surface area contributed by atoms with Gasteiger partial charge in [0.2, 0.25) is 0 Å². The van der Waals surface area contributed by atoms with Gasteiger partial charge in [-0.2, -0.15) is 0 Å². The molecule has 1 unspecified atom stereocenters. The third-order valence-electron chi connectivity index (χ3n) is 1.68. The van der Waals surface area contributed by atoms with Crippen LogP contribution in [0.25, 0.3) is 0 Å². The van der Waals surface area contributed by atoms with Gasteiger partial charge in [-0.25, -0.2) is 8.42 Å². The first-order valence-electron chi connectivity index (χ1n) is 4.37. The molecule has 0 aliphatic carbocycles. The summed E-state index contributed by atoms with van der Waals surface area (Å²) in [5, 5.41) is 0. The first-order chi connectivity index (χ1) is 5.89. The summed E-state index contributed by atoms with van der Waals surface area (Å²) in [5.41, 5.74) is 5.29. The Labute approximate surface area is 79.4 Å². The third-order valence-corrected chi connectivity index (χ3v) is 3.54. The topological polar surface area (TPSA) is 77.2 Å². The second kappa shape index (κ2) is 5.34. The number of hydrogen-bond donors (Lipinski definition) is 1. The van der Waals surface area contributed by atoms with Crippen LogP contribution in [-0.2, 0) is 14.6 Å². The van der Waals surface area contributed by atoms with Crippen molar-refractivity contribution in [3.05, 3.63) is 0 Å². The molecule has 1 atom stereocenters. The highest BCUT2D eigenvalue weighted by Gasteiger charge is 2.14. The quantitative estimate of drug-likeness (QED) is 0.671. The molecule has 0 bridgehead atoms. The molecule has 0 rings (SSSR count). The summed E-state index contributed by atoms with van der Waals surface area (Å²) < 4.78 is 22.3. The minimum absolute atomic E-state index is 0.0417. The average Bonchev–Trinajstić information content (AvgIpc) is 2.00. The highest BCUT2D eigenvalue weighted by Crippen LogP contribution is 1.98. The highest BCUT2D eigenvalue weighted by atomic mass is 32.2. The molecule has 0 aliphatic heterocycles. The molecule has 0 aromatic rings. The van der Waals surface area contributed by atoms with E-state index in [1.165, 1.54) is 0 Å². The number of Topliss-reactive ketones (excluding diaryl/α,β-unsaturated/α-hetero) is 1. The monoisotopic (exact) mass is 207 g/mol. The van der Waals surface area contributed by atoms with Crippen LogP contribution in [0.4, 0.5) is 0 Å². The van der Waals surface area contributed by atoms with Crippen LogP contribution in [0.1, 0.15) is 26.7 Å². The molecule has 78 valence electrons. The van der Waals surface area contributed by atoms with E-state index >= 15 is 0 Å². The van der Waals surface area contributed by atoms with E-state index in [0.717, 1.165) is 0 Å². The lowest BCUT2D eigenvalue weighted by atomic mass is 10.2. The lowest BCUT2D eigenvalue weighted by Crippen LogP contribution is -2.28. The van der Waals surface area contributed by atoms with E-state index in [4.69, 9.17) is 5.73 Å². The van der Waals surface area contributed by atoms with Crippen molar-refractivity contribution in [3.8, 4) is 0 Å². The minimum Gasteiger partial charge on any atom is -0.322 e. The van der Waals surface area contributed by atoms with Crippen LogP contribution in [0.15, 0.2) is 0 Å². The molecule has 2 N–H and O–H groups in total. The van der Waals surface area contributed by atoms with Gasteiger partial charge < -0.3 is 5.73 Å². The van der Waals surface area contributed by atoms with E-state index < -0.39 is 15.9 Å². The van der Waals surface area contributed by atoms with Gasteiger partial charge in [-0.1, -0.05) is 6.92 Å². The molecule has 0 aliphatic rings. The Morgan fingerprint density at radius 2 is 1.92 bits per heavy atom. The molecule has 0 aromatic carbocycles. The Bertz CT molecular complexity index is 257. The van der Waals surface area contributed by atoms with Crippen LogP contribution in [0.5, 0.6) is 0 Å². The molecule has 0 heterocycles. The predicted molar refractivity (Wildman–Crippen MR) is 52.2 cm³/mol. The SMILES string of the molecule is CCCS(=O)(=O)CCC(=O)C(C)N. The van der Waals surface area contributed by atoms with Crippen molar-refractivity contribution < 1.29 is 13.2 Å². The lowest BCUT2D eigenvalue weighted by molar-refractivity contribution is -0.119. The van der Waals surface area contributed by atoms with E-state index in [2.05, 4.69) is 0 Å². The zero-order valence-electron chi connectivity index (χ0n) is 8.12. The van der Waals surface area contributed by atoms with Crippen LogP contribution < -0.4 is 5.73 Å². The average molecular weight is 207 g/mol. The summed E-state index contributed by atoms with van der Waals surface area (Å²) in [6, 6.07) is -0.558. The molecule has 0 radical (unpaired) electrons. The molecule has 0 saturated heterocycles. The smallest absolute Gasteiger partial charge is 0.150 e. The molecule has 0 spiro atoms. The Balaban J connectivity index is 3.96. The van der Waals surface area contributed by atoms with Crippen LogP contribution in [0.3, 0.4) is 0 Å². The number of carbonyl (C=O) groups excluding carboxylic acids is 1. The van der Waals surface area contributed by atoms with Crippen molar-refractivity contribution in [1.82, 2.24) is 0 Å². The van der Waals surface area contributed by atoms with Gasteiger partial charge in [0.05, 0.1) is 11.8 Å². The van der Waals surface area contributed by atoms with Gasteiger partial charge in [0.1, 0.15) is 5.78 Å². The van der Waals surface area contributed by atoms with E-state index in [1.807, 2.05) is 0 Å². The fraction of sp³-hybridized carbons (Fsp3) is 0.875. The highest BCUT2D eigenvalue weighted by molar-refractivity contribution is 7.91. The second-order valence-corrected chi connectivity index (χ2v) is 5.46. The number of rotatable bonds is 6. The molecule has 0 saturated carbocycles. The number of sulfone groups is 1. The summed E-state index contributed by atoms with van der Waals surface area (Å²) >= 11 is 0. The van der Waals surface area contributed by atoms with E-state index in [-0.39, 0.29) is 23.7 Å².